The SMILES string of the molecule is COc1ccc(NC=Cc2ncc(C(F)(F)F)cc2Cl)cc1. The Morgan fingerprint density at radius 1 is 1.23 bits per heavy atom. The number of rotatable bonds is 4. The van der Waals surface area contributed by atoms with Gasteiger partial charge >= 0.3 is 6.18 Å². The first-order valence-corrected chi connectivity index (χ1v) is 6.58. The molecule has 0 saturated heterocycles. The summed E-state index contributed by atoms with van der Waals surface area (Å²) in [6.07, 6.45) is -0.671. The van der Waals surface area contributed by atoms with E-state index in [1.165, 1.54) is 6.08 Å². The minimum atomic E-state index is -4.46. The van der Waals surface area contributed by atoms with Gasteiger partial charge < -0.3 is 10.1 Å². The molecular weight excluding hydrogens is 317 g/mol. The number of nitrogens with one attached hydrogen (secondary N) is 1. The third-order valence-corrected chi connectivity index (χ3v) is 3.08. The van der Waals surface area contributed by atoms with Gasteiger partial charge in [-0.3, -0.25) is 4.98 Å². The number of ether oxygens (including phenoxy) is 1. The van der Waals surface area contributed by atoms with Crippen molar-refractivity contribution < 1.29 is 17.9 Å². The van der Waals surface area contributed by atoms with Gasteiger partial charge in [-0.15, -0.1) is 0 Å². The molecule has 0 radical (unpaired) electrons. The molecule has 0 aliphatic heterocycles. The van der Waals surface area contributed by atoms with E-state index in [9.17, 15) is 13.2 Å². The van der Waals surface area contributed by atoms with Gasteiger partial charge in [0.25, 0.3) is 0 Å². The number of hydrogen-bond donors (Lipinski definition) is 1. The first kappa shape index (κ1) is 16.2. The maximum absolute atomic E-state index is 12.5. The summed E-state index contributed by atoms with van der Waals surface area (Å²) in [7, 11) is 1.57. The topological polar surface area (TPSA) is 34.1 Å². The third-order valence-electron chi connectivity index (χ3n) is 2.78. The number of hydrogen-bond acceptors (Lipinski definition) is 3. The molecule has 0 amide bonds. The lowest BCUT2D eigenvalue weighted by Crippen LogP contribution is -2.05. The number of halogens is 4. The largest absolute Gasteiger partial charge is 0.497 e. The maximum Gasteiger partial charge on any atom is 0.417 e. The van der Waals surface area contributed by atoms with E-state index in [0.29, 0.717) is 0 Å². The van der Waals surface area contributed by atoms with Gasteiger partial charge in [0.1, 0.15) is 5.75 Å². The van der Waals surface area contributed by atoms with Crippen molar-refractivity contribution in [1.82, 2.24) is 4.98 Å². The molecule has 1 aromatic carbocycles. The molecule has 0 aliphatic rings. The second kappa shape index (κ2) is 6.70. The summed E-state index contributed by atoms with van der Waals surface area (Å²) in [6, 6.07) is 8.00. The molecule has 116 valence electrons. The summed E-state index contributed by atoms with van der Waals surface area (Å²) in [5.74, 6) is 0.724. The normalized spacial score (nSPS) is 11.7. The van der Waals surface area contributed by atoms with E-state index >= 15 is 0 Å². The van der Waals surface area contributed by atoms with Crippen LogP contribution in [0, 0.1) is 0 Å². The molecule has 0 saturated carbocycles. The van der Waals surface area contributed by atoms with E-state index in [1.54, 1.807) is 37.6 Å². The molecule has 0 atom stereocenters. The van der Waals surface area contributed by atoms with Gasteiger partial charge in [0.15, 0.2) is 0 Å². The summed E-state index contributed by atoms with van der Waals surface area (Å²) in [5, 5.41) is 2.89. The van der Waals surface area contributed by atoms with Crippen molar-refractivity contribution in [3.63, 3.8) is 0 Å². The summed E-state index contributed by atoms with van der Waals surface area (Å²) >= 11 is 5.80. The van der Waals surface area contributed by atoms with Gasteiger partial charge in [-0.1, -0.05) is 11.6 Å². The van der Waals surface area contributed by atoms with Crippen LogP contribution in [0.4, 0.5) is 18.9 Å². The number of aromatic nitrogens is 1. The van der Waals surface area contributed by atoms with Crippen LogP contribution in [-0.2, 0) is 6.18 Å². The smallest absolute Gasteiger partial charge is 0.417 e. The molecule has 0 fully saturated rings. The molecule has 3 nitrogen and oxygen atoms in total. The Bertz CT molecular complexity index is 669. The monoisotopic (exact) mass is 328 g/mol. The van der Waals surface area contributed by atoms with Crippen molar-refractivity contribution in [2.75, 3.05) is 12.4 Å². The standard InChI is InChI=1S/C15H12ClF3N2O/c1-22-12-4-2-11(3-5-12)20-7-6-14-13(16)8-10(9-21-14)15(17,18)19/h2-9,20H,1H3. The van der Waals surface area contributed by atoms with Crippen LogP contribution in [0.1, 0.15) is 11.3 Å². The van der Waals surface area contributed by atoms with Crippen molar-refractivity contribution in [3.8, 4) is 5.75 Å². The number of methoxy groups -OCH3 is 1. The lowest BCUT2D eigenvalue weighted by molar-refractivity contribution is -0.137. The summed E-state index contributed by atoms with van der Waals surface area (Å²) in [6.45, 7) is 0. The molecule has 1 aromatic heterocycles. The first-order valence-electron chi connectivity index (χ1n) is 6.20. The molecule has 2 rings (SSSR count). The highest BCUT2D eigenvalue weighted by Gasteiger charge is 2.31. The Morgan fingerprint density at radius 3 is 2.45 bits per heavy atom. The maximum atomic E-state index is 12.5. The zero-order valence-electron chi connectivity index (χ0n) is 11.5. The van der Waals surface area contributed by atoms with E-state index in [2.05, 4.69) is 10.3 Å². The molecule has 22 heavy (non-hydrogen) atoms. The van der Waals surface area contributed by atoms with E-state index in [0.717, 1.165) is 23.7 Å². The minimum absolute atomic E-state index is 0.0670. The fraction of sp³-hybridized carbons (Fsp3) is 0.133. The average molecular weight is 329 g/mol. The number of nitrogens with zero attached hydrogens (tertiary/aromatic N) is 1. The molecule has 7 heteroatoms. The second-order valence-corrected chi connectivity index (χ2v) is 4.70. The fourth-order valence-corrected chi connectivity index (χ4v) is 1.86. The third kappa shape index (κ3) is 4.14. The quantitative estimate of drug-likeness (QED) is 0.871. The Balaban J connectivity index is 2.06. The molecule has 0 bridgehead atoms. The van der Waals surface area contributed by atoms with E-state index in [4.69, 9.17) is 16.3 Å². The van der Waals surface area contributed by atoms with Crippen LogP contribution in [0.2, 0.25) is 5.02 Å². The van der Waals surface area contributed by atoms with Gasteiger partial charge in [0.2, 0.25) is 0 Å². The van der Waals surface area contributed by atoms with Crippen LogP contribution in [0.3, 0.4) is 0 Å². The highest BCUT2D eigenvalue weighted by atomic mass is 35.5. The summed E-state index contributed by atoms with van der Waals surface area (Å²) in [5.41, 5.74) is 0.161. The van der Waals surface area contributed by atoms with Crippen LogP contribution < -0.4 is 10.1 Å². The number of anilines is 1. The van der Waals surface area contributed by atoms with Crippen LogP contribution in [0.5, 0.6) is 5.75 Å². The Kier molecular flexibility index (Phi) is 4.92. The lowest BCUT2D eigenvalue weighted by atomic mass is 10.2. The van der Waals surface area contributed by atoms with Gasteiger partial charge in [0.05, 0.1) is 23.4 Å². The molecule has 0 unspecified atom stereocenters. The summed E-state index contributed by atoms with van der Waals surface area (Å²) < 4.78 is 42.5. The summed E-state index contributed by atoms with van der Waals surface area (Å²) in [4.78, 5) is 3.70. The Labute approximate surface area is 130 Å². The van der Waals surface area contributed by atoms with Gasteiger partial charge in [-0.25, -0.2) is 0 Å². The van der Waals surface area contributed by atoms with Crippen LogP contribution >= 0.6 is 11.6 Å². The predicted octanol–water partition coefficient (Wildman–Crippen LogP) is 4.85. The van der Waals surface area contributed by atoms with Crippen LogP contribution in [0.25, 0.3) is 6.08 Å². The molecule has 1 N–H and O–H groups in total. The van der Waals surface area contributed by atoms with Crippen molar-refractivity contribution in [2.24, 2.45) is 0 Å². The lowest BCUT2D eigenvalue weighted by Gasteiger charge is -2.07. The number of alkyl halides is 3. The fourth-order valence-electron chi connectivity index (χ4n) is 1.63. The van der Waals surface area contributed by atoms with Crippen molar-refractivity contribution in [3.05, 3.63) is 59.0 Å². The molecule has 0 spiro atoms. The van der Waals surface area contributed by atoms with Crippen molar-refractivity contribution >= 4 is 23.4 Å². The van der Waals surface area contributed by atoms with Gasteiger partial charge in [-0.05, 0) is 36.4 Å². The highest BCUT2D eigenvalue weighted by molar-refractivity contribution is 6.31. The van der Waals surface area contributed by atoms with Gasteiger partial charge in [0, 0.05) is 18.1 Å². The van der Waals surface area contributed by atoms with Crippen LogP contribution in [-0.4, -0.2) is 12.1 Å². The van der Waals surface area contributed by atoms with E-state index in [-0.39, 0.29) is 10.7 Å². The van der Waals surface area contributed by atoms with Crippen molar-refractivity contribution in [2.45, 2.75) is 6.18 Å². The molecule has 2 aromatic rings. The zero-order valence-corrected chi connectivity index (χ0v) is 12.2. The van der Waals surface area contributed by atoms with Gasteiger partial charge in [-0.2, -0.15) is 13.2 Å². The van der Waals surface area contributed by atoms with E-state index in [1.807, 2.05) is 0 Å². The Hall–Kier alpha value is -2.21. The Morgan fingerprint density at radius 2 is 1.91 bits per heavy atom. The van der Waals surface area contributed by atoms with Crippen LogP contribution in [0.15, 0.2) is 42.7 Å². The first-order chi connectivity index (χ1) is 10.4. The molecule has 0 aliphatic carbocycles. The second-order valence-electron chi connectivity index (χ2n) is 4.29. The zero-order chi connectivity index (χ0) is 16.2. The minimum Gasteiger partial charge on any atom is -0.497 e. The predicted molar refractivity (Wildman–Crippen MR) is 79.9 cm³/mol. The molecule has 1 heterocycles. The van der Waals surface area contributed by atoms with Crippen molar-refractivity contribution in [1.29, 1.82) is 0 Å². The number of pyridine rings is 1. The van der Waals surface area contributed by atoms with E-state index < -0.39 is 11.7 Å². The number of benzene rings is 1. The average Bonchev–Trinajstić information content (AvgIpc) is 2.48. The molecular formula is C15H12ClF3N2O. The highest BCUT2D eigenvalue weighted by Crippen LogP contribution is 2.31.